The van der Waals surface area contributed by atoms with Crippen LogP contribution in [0.4, 0.5) is 0 Å². The van der Waals surface area contributed by atoms with E-state index in [2.05, 4.69) is 6.92 Å². The van der Waals surface area contributed by atoms with Crippen LogP contribution in [-0.4, -0.2) is 23.3 Å². The molecule has 0 fully saturated rings. The topological polar surface area (TPSA) is 69.4 Å². The number of carbonyl (C=O) groups is 2. The van der Waals surface area contributed by atoms with Crippen LogP contribution in [0.15, 0.2) is 47.1 Å². The highest BCUT2D eigenvalue weighted by Gasteiger charge is 2.29. The second-order valence-electron chi connectivity index (χ2n) is 7.31. The van der Waals surface area contributed by atoms with E-state index in [1.54, 1.807) is 6.26 Å². The van der Waals surface area contributed by atoms with E-state index in [0.29, 0.717) is 11.5 Å². The molecule has 0 unspecified atom stereocenters. The lowest BCUT2D eigenvalue weighted by molar-refractivity contribution is -0.120. The molecule has 0 saturated carbocycles. The SMILES string of the molecule is CC(=O)COC(=O)c1c2c(nc3ccccc13)C(=Cc1ccco1)C[C@H](C)C2. The Kier molecular flexibility index (Phi) is 4.82. The number of allylic oxidation sites excluding steroid dienone is 1. The standard InChI is InChI=1S/C23H21NO4/c1-14-10-16(12-17-6-5-9-27-17)22-19(11-14)21(23(26)28-13-15(2)25)18-7-3-4-8-20(18)24-22/h3-9,12,14H,10-11,13H2,1-2H3/t14-/m0/s1. The summed E-state index contributed by atoms with van der Waals surface area (Å²) >= 11 is 0. The predicted octanol–water partition coefficient (Wildman–Crippen LogP) is 4.70. The highest BCUT2D eigenvalue weighted by molar-refractivity contribution is 6.07. The molecule has 0 bridgehead atoms. The lowest BCUT2D eigenvalue weighted by Gasteiger charge is -2.26. The number of benzene rings is 1. The van der Waals surface area contributed by atoms with Gasteiger partial charge in [0.05, 0.1) is 23.0 Å². The van der Waals surface area contributed by atoms with E-state index in [4.69, 9.17) is 14.1 Å². The molecule has 0 spiro atoms. The van der Waals surface area contributed by atoms with Crippen LogP contribution in [0, 0.1) is 5.92 Å². The van der Waals surface area contributed by atoms with Crippen LogP contribution < -0.4 is 0 Å². The smallest absolute Gasteiger partial charge is 0.339 e. The minimum Gasteiger partial charge on any atom is -0.465 e. The van der Waals surface area contributed by atoms with Gasteiger partial charge in [-0.2, -0.15) is 0 Å². The van der Waals surface area contributed by atoms with E-state index < -0.39 is 5.97 Å². The van der Waals surface area contributed by atoms with E-state index in [1.165, 1.54) is 6.92 Å². The Balaban J connectivity index is 1.92. The van der Waals surface area contributed by atoms with Gasteiger partial charge in [-0.25, -0.2) is 9.78 Å². The molecular formula is C23H21NO4. The maximum atomic E-state index is 12.9. The third-order valence-corrected chi connectivity index (χ3v) is 4.89. The third-order valence-electron chi connectivity index (χ3n) is 4.89. The molecule has 5 heteroatoms. The van der Waals surface area contributed by atoms with Gasteiger partial charge in [-0.05, 0) is 61.1 Å². The molecule has 1 atom stereocenters. The number of hydrogen-bond donors (Lipinski definition) is 0. The molecule has 1 aromatic carbocycles. The zero-order valence-corrected chi connectivity index (χ0v) is 15.9. The number of nitrogens with zero attached hydrogens (tertiary/aromatic N) is 1. The normalized spacial score (nSPS) is 17.5. The Labute approximate surface area is 163 Å². The van der Waals surface area contributed by atoms with E-state index in [1.807, 2.05) is 42.5 Å². The Hall–Kier alpha value is -3.21. The first-order valence-electron chi connectivity index (χ1n) is 9.35. The van der Waals surface area contributed by atoms with Gasteiger partial charge in [-0.3, -0.25) is 4.79 Å². The molecule has 3 aromatic rings. The van der Waals surface area contributed by atoms with Gasteiger partial charge < -0.3 is 9.15 Å². The van der Waals surface area contributed by atoms with Gasteiger partial charge in [0.25, 0.3) is 0 Å². The minimum atomic E-state index is -0.475. The summed E-state index contributed by atoms with van der Waals surface area (Å²) in [6.45, 7) is 3.33. The van der Waals surface area contributed by atoms with Gasteiger partial charge in [-0.15, -0.1) is 0 Å². The van der Waals surface area contributed by atoms with Crippen molar-refractivity contribution in [2.45, 2.75) is 26.7 Å². The number of fused-ring (bicyclic) bond motifs is 2. The summed E-state index contributed by atoms with van der Waals surface area (Å²) < 4.78 is 10.8. The van der Waals surface area contributed by atoms with Gasteiger partial charge >= 0.3 is 5.97 Å². The lowest BCUT2D eigenvalue weighted by atomic mass is 9.81. The second kappa shape index (κ2) is 7.43. The highest BCUT2D eigenvalue weighted by Crippen LogP contribution is 2.38. The van der Waals surface area contributed by atoms with Crippen molar-refractivity contribution < 1.29 is 18.7 Å². The fourth-order valence-corrected chi connectivity index (χ4v) is 3.75. The van der Waals surface area contributed by atoms with E-state index in [-0.39, 0.29) is 12.4 Å². The lowest BCUT2D eigenvalue weighted by Crippen LogP contribution is -2.20. The van der Waals surface area contributed by atoms with Crippen molar-refractivity contribution in [3.05, 3.63) is 65.2 Å². The molecule has 1 aliphatic carbocycles. The Morgan fingerprint density at radius 1 is 1.21 bits per heavy atom. The molecule has 0 saturated heterocycles. The molecule has 0 N–H and O–H groups in total. The maximum absolute atomic E-state index is 12.9. The Morgan fingerprint density at radius 2 is 2.04 bits per heavy atom. The summed E-state index contributed by atoms with van der Waals surface area (Å²) in [5, 5.41) is 0.751. The van der Waals surface area contributed by atoms with Gasteiger partial charge in [-0.1, -0.05) is 25.1 Å². The van der Waals surface area contributed by atoms with E-state index in [9.17, 15) is 9.59 Å². The molecule has 2 aromatic heterocycles. The summed E-state index contributed by atoms with van der Waals surface area (Å²) in [6, 6.07) is 11.3. The van der Waals surface area contributed by atoms with E-state index >= 15 is 0 Å². The zero-order valence-electron chi connectivity index (χ0n) is 15.9. The van der Waals surface area contributed by atoms with Crippen molar-refractivity contribution in [1.29, 1.82) is 0 Å². The first kappa shape index (κ1) is 18.2. The first-order chi connectivity index (χ1) is 13.5. The first-order valence-corrected chi connectivity index (χ1v) is 9.35. The van der Waals surface area contributed by atoms with Gasteiger partial charge in [0.2, 0.25) is 0 Å². The Morgan fingerprint density at radius 3 is 2.79 bits per heavy atom. The predicted molar refractivity (Wildman–Crippen MR) is 107 cm³/mol. The summed E-state index contributed by atoms with van der Waals surface area (Å²) in [4.78, 5) is 29.1. The van der Waals surface area contributed by atoms with Gasteiger partial charge in [0.1, 0.15) is 12.4 Å². The number of aromatic nitrogens is 1. The monoisotopic (exact) mass is 375 g/mol. The molecule has 2 heterocycles. The van der Waals surface area contributed by atoms with Crippen LogP contribution in [0.25, 0.3) is 22.6 Å². The van der Waals surface area contributed by atoms with Crippen LogP contribution in [0.5, 0.6) is 0 Å². The zero-order chi connectivity index (χ0) is 19.7. The number of para-hydroxylation sites is 1. The molecule has 0 aliphatic heterocycles. The molecule has 142 valence electrons. The average molecular weight is 375 g/mol. The van der Waals surface area contributed by atoms with Crippen molar-refractivity contribution in [2.75, 3.05) is 6.61 Å². The number of hydrogen-bond acceptors (Lipinski definition) is 5. The number of esters is 1. The molecular weight excluding hydrogens is 354 g/mol. The Bertz CT molecular complexity index is 1080. The summed E-state index contributed by atoms with van der Waals surface area (Å²) in [6.07, 6.45) is 5.20. The van der Waals surface area contributed by atoms with Crippen molar-refractivity contribution in [1.82, 2.24) is 4.98 Å². The molecule has 5 nitrogen and oxygen atoms in total. The third kappa shape index (κ3) is 3.48. The maximum Gasteiger partial charge on any atom is 0.339 e. The summed E-state index contributed by atoms with van der Waals surface area (Å²) in [5.41, 5.74) is 3.97. The number of Topliss-reactive ketones (excluding diaryl/α,β-unsaturated/α-hetero) is 1. The van der Waals surface area contributed by atoms with Crippen molar-refractivity contribution in [3.8, 4) is 0 Å². The largest absolute Gasteiger partial charge is 0.465 e. The van der Waals surface area contributed by atoms with Crippen LogP contribution in [-0.2, 0) is 16.0 Å². The number of furan rings is 1. The van der Waals surface area contributed by atoms with E-state index in [0.717, 1.165) is 46.3 Å². The quantitative estimate of drug-likeness (QED) is 0.619. The van der Waals surface area contributed by atoms with Crippen molar-refractivity contribution in [2.24, 2.45) is 5.92 Å². The van der Waals surface area contributed by atoms with Gasteiger partial charge in [0, 0.05) is 5.39 Å². The number of ether oxygens (including phenoxy) is 1. The van der Waals surface area contributed by atoms with Crippen molar-refractivity contribution >= 4 is 34.3 Å². The number of ketones is 1. The molecule has 28 heavy (non-hydrogen) atoms. The second-order valence-corrected chi connectivity index (χ2v) is 7.31. The van der Waals surface area contributed by atoms with Crippen LogP contribution in [0.2, 0.25) is 0 Å². The van der Waals surface area contributed by atoms with Gasteiger partial charge in [0.15, 0.2) is 5.78 Å². The fourth-order valence-electron chi connectivity index (χ4n) is 3.75. The number of carbonyl (C=O) groups excluding carboxylic acids is 2. The summed E-state index contributed by atoms with van der Waals surface area (Å²) in [5.74, 6) is 0.436. The van der Waals surface area contributed by atoms with Crippen LogP contribution >= 0.6 is 0 Å². The molecule has 1 aliphatic rings. The van der Waals surface area contributed by atoms with Crippen LogP contribution in [0.3, 0.4) is 0 Å². The number of pyridine rings is 1. The highest BCUT2D eigenvalue weighted by atomic mass is 16.5. The molecule has 4 rings (SSSR count). The fraction of sp³-hybridized carbons (Fsp3) is 0.261. The van der Waals surface area contributed by atoms with Crippen molar-refractivity contribution in [3.63, 3.8) is 0 Å². The van der Waals surface area contributed by atoms with Crippen LogP contribution in [0.1, 0.15) is 47.6 Å². The molecule has 0 radical (unpaired) electrons. The minimum absolute atomic E-state index is 0.188. The summed E-state index contributed by atoms with van der Waals surface area (Å²) in [7, 11) is 0. The average Bonchev–Trinajstić information content (AvgIpc) is 3.17. The molecule has 0 amide bonds. The number of rotatable bonds is 4.